The predicted octanol–water partition coefficient (Wildman–Crippen LogP) is -3.46. The van der Waals surface area contributed by atoms with Crippen LogP contribution >= 0.6 is 0 Å². The largest absolute Gasteiger partial charge is 0.509 e. The van der Waals surface area contributed by atoms with Crippen LogP contribution in [-0.4, -0.2) is 103 Å². The number of aliphatic carboxylic acids is 1. The lowest BCUT2D eigenvalue weighted by Gasteiger charge is -2.44. The Kier molecular flexibility index (Phi) is 5.67. The van der Waals surface area contributed by atoms with E-state index in [1.54, 1.807) is 0 Å². The van der Waals surface area contributed by atoms with Gasteiger partial charge in [-0.05, 0) is 6.08 Å². The molecule has 3 rings (SSSR count). The van der Waals surface area contributed by atoms with Gasteiger partial charge in [0.1, 0.15) is 30.2 Å². The second-order valence-electron chi connectivity index (χ2n) is 6.90. The molecular weight excluding hydrogens is 384 g/mol. The van der Waals surface area contributed by atoms with E-state index in [2.05, 4.69) is 0 Å². The minimum absolute atomic E-state index is 0.311. The Morgan fingerprint density at radius 1 is 1.14 bits per heavy atom. The summed E-state index contributed by atoms with van der Waals surface area (Å²) in [6, 6.07) is 0. The van der Waals surface area contributed by atoms with Crippen molar-refractivity contribution in [2.24, 2.45) is 11.8 Å². The quantitative estimate of drug-likeness (QED) is 0.224. The van der Waals surface area contributed by atoms with Gasteiger partial charge in [-0.1, -0.05) is 0 Å². The fourth-order valence-electron chi connectivity index (χ4n) is 3.68. The highest BCUT2D eigenvalue weighted by Crippen LogP contribution is 2.48. The molecule has 0 aromatic carbocycles. The molecule has 0 aromatic rings. The molecule has 8 N–H and O–H groups in total. The maximum Gasteiger partial charge on any atom is 0.335 e. The topological polar surface area (TPSA) is 207 Å². The summed E-state index contributed by atoms with van der Waals surface area (Å²) in [5.74, 6) is -4.49. The Labute approximate surface area is 158 Å². The van der Waals surface area contributed by atoms with Gasteiger partial charge in [0.05, 0.1) is 31.0 Å². The molecule has 0 bridgehead atoms. The lowest BCUT2D eigenvalue weighted by Crippen LogP contribution is -2.61. The van der Waals surface area contributed by atoms with E-state index in [1.807, 2.05) is 0 Å². The summed E-state index contributed by atoms with van der Waals surface area (Å²) >= 11 is 0. The SMILES string of the molecule is O=C(O)C1=CO[C@H](O[C@@H]2O[C@H](CO)[C@@H](O)[C@H](O)[C@H]2O)[C@@H]2[C@@H]1C=C(O)[C@]2(O)CO. The number of hydrogen-bond donors (Lipinski definition) is 8. The van der Waals surface area contributed by atoms with E-state index in [0.29, 0.717) is 0 Å². The van der Waals surface area contributed by atoms with Crippen LogP contribution in [0.3, 0.4) is 0 Å². The highest BCUT2D eigenvalue weighted by Gasteiger charge is 2.59. The van der Waals surface area contributed by atoms with Crippen LogP contribution in [0.2, 0.25) is 0 Å². The van der Waals surface area contributed by atoms with Crippen molar-refractivity contribution >= 4 is 5.97 Å². The van der Waals surface area contributed by atoms with E-state index in [0.717, 1.165) is 12.3 Å². The van der Waals surface area contributed by atoms with Gasteiger partial charge >= 0.3 is 5.97 Å². The first-order chi connectivity index (χ1) is 13.2. The molecule has 0 unspecified atom stereocenters. The van der Waals surface area contributed by atoms with Crippen molar-refractivity contribution in [2.75, 3.05) is 13.2 Å². The van der Waals surface area contributed by atoms with Gasteiger partial charge in [-0.25, -0.2) is 4.79 Å². The molecule has 0 radical (unpaired) electrons. The third-order valence-electron chi connectivity index (χ3n) is 5.31. The number of carbonyl (C=O) groups is 1. The number of ether oxygens (including phenoxy) is 3. The Balaban J connectivity index is 1.88. The number of carboxylic acid groups (broad SMARTS) is 1. The van der Waals surface area contributed by atoms with E-state index in [9.17, 15) is 45.6 Å². The molecule has 1 saturated heterocycles. The molecule has 0 aromatic heterocycles. The minimum Gasteiger partial charge on any atom is -0.509 e. The Morgan fingerprint density at radius 3 is 2.39 bits per heavy atom. The van der Waals surface area contributed by atoms with Gasteiger partial charge in [-0.15, -0.1) is 0 Å². The molecule has 12 heteroatoms. The summed E-state index contributed by atoms with van der Waals surface area (Å²) in [5, 5.41) is 78.5. The summed E-state index contributed by atoms with van der Waals surface area (Å²) in [4.78, 5) is 11.4. The smallest absolute Gasteiger partial charge is 0.335 e. The third-order valence-corrected chi connectivity index (χ3v) is 5.31. The van der Waals surface area contributed by atoms with E-state index < -0.39 is 79.4 Å². The summed E-state index contributed by atoms with van der Waals surface area (Å²) in [7, 11) is 0. The van der Waals surface area contributed by atoms with Crippen LogP contribution in [0.15, 0.2) is 23.7 Å². The highest BCUT2D eigenvalue weighted by atomic mass is 16.8. The van der Waals surface area contributed by atoms with Crippen molar-refractivity contribution in [3.05, 3.63) is 23.7 Å². The normalized spacial score (nSPS) is 45.6. The number of rotatable bonds is 5. The first-order valence-corrected chi connectivity index (χ1v) is 8.45. The average Bonchev–Trinajstić information content (AvgIpc) is 2.93. The monoisotopic (exact) mass is 406 g/mol. The van der Waals surface area contributed by atoms with Crippen molar-refractivity contribution in [3.63, 3.8) is 0 Å². The molecule has 2 heterocycles. The zero-order valence-corrected chi connectivity index (χ0v) is 14.4. The van der Waals surface area contributed by atoms with Crippen molar-refractivity contribution < 1.29 is 59.9 Å². The summed E-state index contributed by atoms with van der Waals surface area (Å²) in [5.41, 5.74) is -2.60. The Morgan fingerprint density at radius 2 is 1.82 bits per heavy atom. The van der Waals surface area contributed by atoms with Crippen molar-refractivity contribution in [3.8, 4) is 0 Å². The maximum atomic E-state index is 11.4. The molecule has 0 amide bonds. The van der Waals surface area contributed by atoms with E-state index in [-0.39, 0.29) is 5.57 Å². The molecule has 2 aliphatic heterocycles. The molecule has 0 saturated carbocycles. The highest BCUT2D eigenvalue weighted by molar-refractivity contribution is 5.88. The van der Waals surface area contributed by atoms with Crippen LogP contribution < -0.4 is 0 Å². The first kappa shape index (κ1) is 21.0. The molecule has 9 atom stereocenters. The molecule has 0 spiro atoms. The summed E-state index contributed by atoms with van der Waals surface area (Å²) in [6.07, 6.45) is -7.65. The fourth-order valence-corrected chi connectivity index (χ4v) is 3.68. The lowest BCUT2D eigenvalue weighted by atomic mass is 9.79. The number of allylic oxidation sites excluding steroid dienone is 1. The number of aliphatic hydroxyl groups is 7. The molecular formula is C16H22O12. The first-order valence-electron chi connectivity index (χ1n) is 8.45. The average molecular weight is 406 g/mol. The summed E-state index contributed by atoms with van der Waals surface area (Å²) < 4.78 is 15.9. The third kappa shape index (κ3) is 3.17. The lowest BCUT2D eigenvalue weighted by molar-refractivity contribution is -0.347. The van der Waals surface area contributed by atoms with Crippen LogP contribution in [-0.2, 0) is 19.0 Å². The molecule has 158 valence electrons. The molecule has 12 nitrogen and oxygen atoms in total. The van der Waals surface area contributed by atoms with Gasteiger partial charge in [-0.2, -0.15) is 0 Å². The van der Waals surface area contributed by atoms with E-state index in [4.69, 9.17) is 14.2 Å². The van der Waals surface area contributed by atoms with Crippen LogP contribution in [0.4, 0.5) is 0 Å². The number of aliphatic hydroxyl groups excluding tert-OH is 6. The maximum absolute atomic E-state index is 11.4. The zero-order valence-electron chi connectivity index (χ0n) is 14.4. The Bertz CT molecular complexity index is 675. The molecule has 3 aliphatic rings. The summed E-state index contributed by atoms with van der Waals surface area (Å²) in [6.45, 7) is -1.68. The van der Waals surface area contributed by atoms with E-state index >= 15 is 0 Å². The second-order valence-corrected chi connectivity index (χ2v) is 6.90. The minimum atomic E-state index is -2.29. The standard InChI is InChI=1S/C16H22O12/c17-2-7-10(20)11(21)12(22)15(27-7)28-14-9-5(6(3-26-14)13(23)24)1-8(19)16(9,25)4-18/h1,3,5,7,9-12,14-15,17-22,25H,2,4H2,(H,23,24)/t5-,7-,9+,10-,11+,12-,14-,15+,16-/m1/s1. The van der Waals surface area contributed by atoms with Gasteiger partial charge in [0, 0.05) is 5.92 Å². The Hall–Kier alpha value is -1.77. The van der Waals surface area contributed by atoms with Crippen LogP contribution in [0.5, 0.6) is 0 Å². The zero-order chi connectivity index (χ0) is 20.8. The second kappa shape index (κ2) is 7.57. The van der Waals surface area contributed by atoms with Gasteiger partial charge in [0.15, 0.2) is 11.9 Å². The number of hydrogen-bond acceptors (Lipinski definition) is 11. The van der Waals surface area contributed by atoms with Crippen molar-refractivity contribution in [2.45, 2.75) is 42.6 Å². The predicted molar refractivity (Wildman–Crippen MR) is 85.2 cm³/mol. The molecule has 1 aliphatic carbocycles. The van der Waals surface area contributed by atoms with Crippen LogP contribution in [0, 0.1) is 11.8 Å². The fraction of sp³-hybridized carbons (Fsp3) is 0.688. The van der Waals surface area contributed by atoms with E-state index in [1.165, 1.54) is 0 Å². The molecule has 1 fully saturated rings. The number of carboxylic acids is 1. The van der Waals surface area contributed by atoms with Gasteiger partial charge < -0.3 is 55.1 Å². The van der Waals surface area contributed by atoms with Crippen LogP contribution in [0.25, 0.3) is 0 Å². The van der Waals surface area contributed by atoms with Gasteiger partial charge in [-0.3, -0.25) is 0 Å². The number of fused-ring (bicyclic) bond motifs is 1. The van der Waals surface area contributed by atoms with Crippen LogP contribution in [0.1, 0.15) is 0 Å². The van der Waals surface area contributed by atoms with Gasteiger partial charge in [0.25, 0.3) is 0 Å². The van der Waals surface area contributed by atoms with Crippen molar-refractivity contribution in [1.29, 1.82) is 0 Å². The molecule has 28 heavy (non-hydrogen) atoms. The van der Waals surface area contributed by atoms with Crippen molar-refractivity contribution in [1.82, 2.24) is 0 Å². The van der Waals surface area contributed by atoms with Gasteiger partial charge in [0.2, 0.25) is 6.29 Å².